The topological polar surface area (TPSA) is 46.2 Å². The van der Waals surface area contributed by atoms with E-state index in [9.17, 15) is 8.42 Å². The Morgan fingerprint density at radius 1 is 1.37 bits per heavy atom. The van der Waals surface area contributed by atoms with Crippen LogP contribution in [0.25, 0.3) is 0 Å². The van der Waals surface area contributed by atoms with E-state index in [0.717, 1.165) is 15.9 Å². The largest absolute Gasteiger partial charge is 0.310 e. The number of nitrogens with one attached hydrogen (secondary N) is 1. The number of thioether (sulfide) groups is 1. The van der Waals surface area contributed by atoms with Crippen molar-refractivity contribution in [1.29, 1.82) is 0 Å². The Balaban J connectivity index is 2.70. The number of hydrogen-bond donors (Lipinski definition) is 1. The van der Waals surface area contributed by atoms with E-state index in [1.807, 2.05) is 12.1 Å². The van der Waals surface area contributed by atoms with Gasteiger partial charge in [-0.15, -0.1) is 11.8 Å². The van der Waals surface area contributed by atoms with Crippen LogP contribution in [0.3, 0.4) is 0 Å². The second-order valence-corrected chi connectivity index (χ2v) is 9.08. The Labute approximate surface area is 128 Å². The van der Waals surface area contributed by atoms with Crippen LogP contribution in [0.15, 0.2) is 27.6 Å². The van der Waals surface area contributed by atoms with Crippen LogP contribution in [0.4, 0.5) is 0 Å². The van der Waals surface area contributed by atoms with Crippen molar-refractivity contribution in [2.75, 3.05) is 17.8 Å². The van der Waals surface area contributed by atoms with Crippen LogP contribution in [0, 0.1) is 0 Å². The highest BCUT2D eigenvalue weighted by Crippen LogP contribution is 2.26. The lowest BCUT2D eigenvalue weighted by Crippen LogP contribution is -2.22. The first-order valence-corrected chi connectivity index (χ1v) is 9.94. The molecule has 1 aromatic carbocycles. The molecule has 0 fully saturated rings. The molecule has 0 heterocycles. The summed E-state index contributed by atoms with van der Waals surface area (Å²) in [6, 6.07) is 6.53. The third kappa shape index (κ3) is 7.34. The highest BCUT2D eigenvalue weighted by atomic mass is 79.9. The molecule has 6 heteroatoms. The molecular weight excluding hydrogens is 346 g/mol. The van der Waals surface area contributed by atoms with Gasteiger partial charge in [0.05, 0.1) is 5.75 Å². The lowest BCUT2D eigenvalue weighted by Gasteiger charge is -2.13. The number of rotatable bonds is 7. The number of sulfone groups is 1. The molecule has 1 rings (SSSR count). The van der Waals surface area contributed by atoms with E-state index in [1.165, 1.54) is 11.8 Å². The smallest absolute Gasteiger partial charge is 0.148 e. The fourth-order valence-electron chi connectivity index (χ4n) is 1.44. The normalized spacial score (nSPS) is 12.1. The van der Waals surface area contributed by atoms with Gasteiger partial charge in [0.25, 0.3) is 0 Å². The summed E-state index contributed by atoms with van der Waals surface area (Å²) in [6.07, 6.45) is 1.27. The van der Waals surface area contributed by atoms with Gasteiger partial charge < -0.3 is 5.32 Å². The molecule has 0 bridgehead atoms. The van der Waals surface area contributed by atoms with Crippen molar-refractivity contribution in [3.8, 4) is 0 Å². The van der Waals surface area contributed by atoms with Crippen LogP contribution >= 0.6 is 27.7 Å². The van der Waals surface area contributed by atoms with E-state index in [4.69, 9.17) is 0 Å². The second kappa shape index (κ2) is 7.67. The summed E-state index contributed by atoms with van der Waals surface area (Å²) in [4.78, 5) is 1.14. The predicted octanol–water partition coefficient (Wildman–Crippen LogP) is 3.08. The maximum atomic E-state index is 11.1. The van der Waals surface area contributed by atoms with E-state index in [2.05, 4.69) is 41.2 Å². The lowest BCUT2D eigenvalue weighted by molar-refractivity contribution is 0.584. The van der Waals surface area contributed by atoms with Gasteiger partial charge in [-0.05, 0) is 23.8 Å². The first kappa shape index (κ1) is 17.0. The SMILES string of the molecule is CC(C)NCc1cc(Br)ccc1SCCS(C)(=O)=O. The van der Waals surface area contributed by atoms with Crippen LogP contribution in [-0.4, -0.2) is 32.2 Å². The summed E-state index contributed by atoms with van der Waals surface area (Å²) in [5.41, 5.74) is 1.20. The highest BCUT2D eigenvalue weighted by Gasteiger charge is 2.07. The van der Waals surface area contributed by atoms with Crippen molar-refractivity contribution in [1.82, 2.24) is 5.32 Å². The molecule has 19 heavy (non-hydrogen) atoms. The maximum Gasteiger partial charge on any atom is 0.148 e. The molecule has 0 radical (unpaired) electrons. The van der Waals surface area contributed by atoms with Crippen molar-refractivity contribution in [2.45, 2.75) is 31.3 Å². The standard InChI is InChI=1S/C13H20BrNO2S2/c1-10(2)15-9-11-8-12(14)4-5-13(11)18-6-7-19(3,16)17/h4-5,8,10,15H,6-7,9H2,1-3H3. The van der Waals surface area contributed by atoms with Gasteiger partial charge in [-0.25, -0.2) is 8.42 Å². The fourth-order valence-corrected chi connectivity index (χ4v) is 4.10. The van der Waals surface area contributed by atoms with E-state index in [-0.39, 0.29) is 5.75 Å². The van der Waals surface area contributed by atoms with Crippen LogP contribution in [0.2, 0.25) is 0 Å². The maximum absolute atomic E-state index is 11.1. The summed E-state index contributed by atoms with van der Waals surface area (Å²) in [7, 11) is -2.89. The van der Waals surface area contributed by atoms with Crippen LogP contribution in [0.5, 0.6) is 0 Å². The number of halogens is 1. The van der Waals surface area contributed by atoms with Crippen LogP contribution in [0.1, 0.15) is 19.4 Å². The molecule has 1 aromatic rings. The van der Waals surface area contributed by atoms with Gasteiger partial charge in [0.2, 0.25) is 0 Å². The third-order valence-corrected chi connectivity index (χ3v) is 5.25. The Morgan fingerprint density at radius 2 is 2.05 bits per heavy atom. The summed E-state index contributed by atoms with van der Waals surface area (Å²) in [5, 5.41) is 3.38. The second-order valence-electron chi connectivity index (χ2n) is 4.77. The van der Waals surface area contributed by atoms with Gasteiger partial charge >= 0.3 is 0 Å². The number of hydrogen-bond acceptors (Lipinski definition) is 4. The molecular formula is C13H20BrNO2S2. The molecule has 0 amide bonds. The first-order valence-electron chi connectivity index (χ1n) is 6.10. The van der Waals surface area contributed by atoms with Crippen molar-refractivity contribution in [3.63, 3.8) is 0 Å². The Hall–Kier alpha value is -0.0400. The molecule has 0 saturated heterocycles. The molecule has 0 atom stereocenters. The summed E-state index contributed by atoms with van der Waals surface area (Å²) in [5.74, 6) is 0.805. The zero-order valence-corrected chi connectivity index (χ0v) is 14.7. The van der Waals surface area contributed by atoms with Crippen molar-refractivity contribution < 1.29 is 8.42 Å². The Kier molecular flexibility index (Phi) is 6.86. The highest BCUT2D eigenvalue weighted by molar-refractivity contribution is 9.10. The van der Waals surface area contributed by atoms with E-state index < -0.39 is 9.84 Å². The molecule has 0 saturated carbocycles. The molecule has 0 aliphatic heterocycles. The average Bonchev–Trinajstić information content (AvgIpc) is 2.27. The van der Waals surface area contributed by atoms with Crippen molar-refractivity contribution in [2.24, 2.45) is 0 Å². The van der Waals surface area contributed by atoms with Crippen molar-refractivity contribution in [3.05, 3.63) is 28.2 Å². The minimum absolute atomic E-state index is 0.213. The minimum Gasteiger partial charge on any atom is -0.310 e. The number of benzene rings is 1. The van der Waals surface area contributed by atoms with E-state index in [1.54, 1.807) is 11.8 Å². The Bertz CT molecular complexity index is 515. The van der Waals surface area contributed by atoms with Gasteiger partial charge in [-0.2, -0.15) is 0 Å². The molecule has 0 aliphatic rings. The average molecular weight is 366 g/mol. The van der Waals surface area contributed by atoms with Gasteiger partial charge in [0, 0.05) is 34.0 Å². The molecule has 0 unspecified atom stereocenters. The van der Waals surface area contributed by atoms with Gasteiger partial charge in [-0.3, -0.25) is 0 Å². The monoisotopic (exact) mass is 365 g/mol. The molecule has 0 aromatic heterocycles. The van der Waals surface area contributed by atoms with Crippen LogP contribution in [-0.2, 0) is 16.4 Å². The zero-order chi connectivity index (χ0) is 14.5. The molecule has 0 aliphatic carbocycles. The zero-order valence-electron chi connectivity index (χ0n) is 11.4. The quantitative estimate of drug-likeness (QED) is 0.754. The molecule has 0 spiro atoms. The third-order valence-electron chi connectivity index (χ3n) is 2.43. The summed E-state index contributed by atoms with van der Waals surface area (Å²) < 4.78 is 23.3. The van der Waals surface area contributed by atoms with Crippen LogP contribution < -0.4 is 5.32 Å². The predicted molar refractivity (Wildman–Crippen MR) is 86.6 cm³/mol. The van der Waals surface area contributed by atoms with Gasteiger partial charge in [0.1, 0.15) is 9.84 Å². The van der Waals surface area contributed by atoms with Crippen molar-refractivity contribution >= 4 is 37.5 Å². The molecule has 1 N–H and O–H groups in total. The van der Waals surface area contributed by atoms with Gasteiger partial charge in [-0.1, -0.05) is 29.8 Å². The summed E-state index contributed by atoms with van der Waals surface area (Å²) >= 11 is 5.06. The Morgan fingerprint density at radius 3 is 2.63 bits per heavy atom. The lowest BCUT2D eigenvalue weighted by atomic mass is 10.2. The molecule has 108 valence electrons. The fraction of sp³-hybridized carbons (Fsp3) is 0.538. The van der Waals surface area contributed by atoms with E-state index in [0.29, 0.717) is 11.8 Å². The molecule has 3 nitrogen and oxygen atoms in total. The van der Waals surface area contributed by atoms with Gasteiger partial charge in [0.15, 0.2) is 0 Å². The van der Waals surface area contributed by atoms with E-state index >= 15 is 0 Å². The first-order chi connectivity index (χ1) is 8.78. The summed E-state index contributed by atoms with van der Waals surface area (Å²) in [6.45, 7) is 5.00. The minimum atomic E-state index is -2.89.